The Morgan fingerprint density at radius 3 is 2.08 bits per heavy atom. The highest BCUT2D eigenvalue weighted by atomic mass is 16.5. The van der Waals surface area contributed by atoms with Crippen molar-refractivity contribution in [1.82, 2.24) is 10.2 Å². The van der Waals surface area contributed by atoms with E-state index in [4.69, 9.17) is 10.5 Å². The van der Waals surface area contributed by atoms with E-state index in [0.29, 0.717) is 24.3 Å². The molecular weight excluding hydrogens is 330 g/mol. The summed E-state index contributed by atoms with van der Waals surface area (Å²) in [7, 11) is 4.99. The lowest BCUT2D eigenvalue weighted by Gasteiger charge is -2.17. The molecule has 0 aliphatic rings. The highest BCUT2D eigenvalue weighted by Gasteiger charge is 2.17. The van der Waals surface area contributed by atoms with Crippen LogP contribution in [0.1, 0.15) is 23.6 Å². The molecule has 138 valence electrons. The molecule has 3 N–H and O–H groups in total. The molecule has 0 spiro atoms. The molecule has 6 heteroatoms. The Morgan fingerprint density at radius 1 is 1.04 bits per heavy atom. The van der Waals surface area contributed by atoms with Gasteiger partial charge in [-0.3, -0.25) is 9.59 Å². The zero-order chi connectivity index (χ0) is 19.1. The maximum absolute atomic E-state index is 11.9. The fourth-order valence-corrected chi connectivity index (χ4v) is 2.41. The number of hydrogen-bond acceptors (Lipinski definition) is 4. The maximum Gasteiger partial charge on any atom is 0.243 e. The van der Waals surface area contributed by atoms with Crippen molar-refractivity contribution in [2.75, 3.05) is 21.1 Å². The summed E-state index contributed by atoms with van der Waals surface area (Å²) in [5.41, 5.74) is 7.77. The van der Waals surface area contributed by atoms with Gasteiger partial charge < -0.3 is 20.7 Å². The fraction of sp³-hybridized carbons (Fsp3) is 0.300. The number of ether oxygens (including phenoxy) is 1. The van der Waals surface area contributed by atoms with Crippen LogP contribution in [0.5, 0.6) is 11.5 Å². The molecule has 1 unspecified atom stereocenters. The molecule has 2 amide bonds. The van der Waals surface area contributed by atoms with Crippen LogP contribution in [0.25, 0.3) is 0 Å². The van der Waals surface area contributed by atoms with Crippen LogP contribution < -0.4 is 15.8 Å². The minimum absolute atomic E-state index is 0.0244. The fourth-order valence-electron chi connectivity index (χ4n) is 2.41. The topological polar surface area (TPSA) is 84.7 Å². The van der Waals surface area contributed by atoms with Gasteiger partial charge in [0.05, 0.1) is 0 Å². The van der Waals surface area contributed by atoms with Crippen molar-refractivity contribution in [2.24, 2.45) is 5.73 Å². The molecule has 0 heterocycles. The lowest BCUT2D eigenvalue weighted by atomic mass is 10.1. The monoisotopic (exact) mass is 355 g/mol. The van der Waals surface area contributed by atoms with Crippen molar-refractivity contribution < 1.29 is 14.3 Å². The summed E-state index contributed by atoms with van der Waals surface area (Å²) in [5, 5.41) is 2.61. The predicted octanol–water partition coefficient (Wildman–Crippen LogP) is 2.25. The van der Waals surface area contributed by atoms with E-state index in [1.165, 1.54) is 4.90 Å². The number of rotatable bonds is 7. The van der Waals surface area contributed by atoms with Gasteiger partial charge in [0.25, 0.3) is 0 Å². The first kappa shape index (κ1) is 19.5. The van der Waals surface area contributed by atoms with Crippen molar-refractivity contribution in [1.29, 1.82) is 0 Å². The van der Waals surface area contributed by atoms with Crippen molar-refractivity contribution in [3.8, 4) is 11.5 Å². The molecule has 0 saturated carbocycles. The Morgan fingerprint density at radius 2 is 1.58 bits per heavy atom. The van der Waals surface area contributed by atoms with Crippen molar-refractivity contribution in [2.45, 2.75) is 18.9 Å². The molecule has 1 atom stereocenters. The van der Waals surface area contributed by atoms with Gasteiger partial charge in [-0.15, -0.1) is 0 Å². The molecule has 0 aliphatic heterocycles. The van der Waals surface area contributed by atoms with Crippen molar-refractivity contribution in [3.63, 3.8) is 0 Å². The normalized spacial score (nSPS) is 11.5. The number of amides is 2. The maximum atomic E-state index is 11.9. The van der Waals surface area contributed by atoms with Gasteiger partial charge in [0.15, 0.2) is 0 Å². The minimum atomic E-state index is -0.682. The van der Waals surface area contributed by atoms with E-state index in [2.05, 4.69) is 5.32 Å². The van der Waals surface area contributed by atoms with Crippen LogP contribution >= 0.6 is 0 Å². The number of nitrogens with one attached hydrogen (secondary N) is 1. The Bertz CT molecular complexity index is 740. The minimum Gasteiger partial charge on any atom is -0.457 e. The van der Waals surface area contributed by atoms with Crippen LogP contribution in [0.3, 0.4) is 0 Å². The Balaban J connectivity index is 1.96. The lowest BCUT2D eigenvalue weighted by Crippen LogP contribution is -2.33. The first-order chi connectivity index (χ1) is 12.4. The van der Waals surface area contributed by atoms with E-state index in [0.717, 1.165) is 11.1 Å². The highest BCUT2D eigenvalue weighted by Crippen LogP contribution is 2.24. The summed E-state index contributed by atoms with van der Waals surface area (Å²) in [6.07, 6.45) is 1.15. The van der Waals surface area contributed by atoms with Gasteiger partial charge in [-0.25, -0.2) is 0 Å². The standard InChI is InChI=1S/C20H25N3O3/c1-22-18(24)13-6-14-4-9-16(10-5-14)26-17-11-7-15(8-12-17)19(21)20(25)23(2)3/h4-5,7-12,19H,6,13,21H2,1-3H3,(H,22,24). The second kappa shape index (κ2) is 9.01. The van der Waals surface area contributed by atoms with Gasteiger partial charge >= 0.3 is 0 Å². The molecule has 2 rings (SSSR count). The molecule has 0 fully saturated rings. The summed E-state index contributed by atoms with van der Waals surface area (Å²) in [6.45, 7) is 0. The number of benzene rings is 2. The predicted molar refractivity (Wildman–Crippen MR) is 101 cm³/mol. The Hall–Kier alpha value is -2.86. The summed E-state index contributed by atoms with van der Waals surface area (Å²) < 4.78 is 5.81. The third kappa shape index (κ3) is 5.32. The van der Waals surface area contributed by atoms with E-state index in [9.17, 15) is 9.59 Å². The highest BCUT2D eigenvalue weighted by molar-refractivity contribution is 5.82. The van der Waals surface area contributed by atoms with E-state index >= 15 is 0 Å². The zero-order valence-corrected chi connectivity index (χ0v) is 15.4. The number of carbonyl (C=O) groups is 2. The molecule has 0 bridgehead atoms. The van der Waals surface area contributed by atoms with Gasteiger partial charge in [-0.1, -0.05) is 24.3 Å². The average molecular weight is 355 g/mol. The molecular formula is C20H25N3O3. The smallest absolute Gasteiger partial charge is 0.243 e. The number of nitrogens with two attached hydrogens (primary N) is 1. The molecule has 0 aromatic heterocycles. The number of nitrogens with zero attached hydrogens (tertiary/aromatic N) is 1. The summed E-state index contributed by atoms with van der Waals surface area (Å²) in [6, 6.07) is 14.1. The molecule has 6 nitrogen and oxygen atoms in total. The Labute approximate surface area is 153 Å². The summed E-state index contributed by atoms with van der Waals surface area (Å²) in [4.78, 5) is 24.7. The first-order valence-corrected chi connectivity index (χ1v) is 8.45. The van der Waals surface area contributed by atoms with Crippen LogP contribution in [0, 0.1) is 0 Å². The van der Waals surface area contributed by atoms with Crippen LogP contribution in [-0.2, 0) is 16.0 Å². The third-order valence-corrected chi connectivity index (χ3v) is 4.02. The van der Waals surface area contributed by atoms with Crippen LogP contribution in [0.2, 0.25) is 0 Å². The van der Waals surface area contributed by atoms with Gasteiger partial charge in [0, 0.05) is 27.6 Å². The van der Waals surface area contributed by atoms with E-state index in [1.54, 1.807) is 45.4 Å². The average Bonchev–Trinajstić information content (AvgIpc) is 2.66. The molecule has 2 aromatic carbocycles. The van der Waals surface area contributed by atoms with Crippen molar-refractivity contribution >= 4 is 11.8 Å². The SMILES string of the molecule is CNC(=O)CCc1ccc(Oc2ccc(C(N)C(=O)N(C)C)cc2)cc1. The van der Waals surface area contributed by atoms with Gasteiger partial charge in [-0.05, 0) is 41.8 Å². The van der Waals surface area contributed by atoms with E-state index in [1.807, 2.05) is 24.3 Å². The summed E-state index contributed by atoms with van der Waals surface area (Å²) in [5.74, 6) is 1.24. The summed E-state index contributed by atoms with van der Waals surface area (Å²) >= 11 is 0. The van der Waals surface area contributed by atoms with Gasteiger partial charge in [-0.2, -0.15) is 0 Å². The largest absolute Gasteiger partial charge is 0.457 e. The Kier molecular flexibility index (Phi) is 6.74. The number of hydrogen-bond donors (Lipinski definition) is 2. The molecule has 26 heavy (non-hydrogen) atoms. The van der Waals surface area contributed by atoms with E-state index in [-0.39, 0.29) is 11.8 Å². The molecule has 0 saturated heterocycles. The van der Waals surface area contributed by atoms with Gasteiger partial charge in [0.1, 0.15) is 17.5 Å². The molecule has 0 aliphatic carbocycles. The second-order valence-electron chi connectivity index (χ2n) is 6.20. The number of likely N-dealkylation sites (N-methyl/N-ethyl adjacent to an activating group) is 1. The molecule has 2 aromatic rings. The van der Waals surface area contributed by atoms with Crippen LogP contribution in [0.15, 0.2) is 48.5 Å². The van der Waals surface area contributed by atoms with Crippen LogP contribution in [-0.4, -0.2) is 37.9 Å². The van der Waals surface area contributed by atoms with Crippen LogP contribution in [0.4, 0.5) is 0 Å². The lowest BCUT2D eigenvalue weighted by molar-refractivity contribution is -0.130. The third-order valence-electron chi connectivity index (χ3n) is 4.02. The second-order valence-corrected chi connectivity index (χ2v) is 6.20. The number of carbonyl (C=O) groups excluding carboxylic acids is 2. The quantitative estimate of drug-likeness (QED) is 0.798. The van der Waals surface area contributed by atoms with Crippen molar-refractivity contribution in [3.05, 3.63) is 59.7 Å². The van der Waals surface area contributed by atoms with Gasteiger partial charge in [0.2, 0.25) is 11.8 Å². The number of aryl methyl sites for hydroxylation is 1. The molecule has 0 radical (unpaired) electrons. The van der Waals surface area contributed by atoms with E-state index < -0.39 is 6.04 Å². The zero-order valence-electron chi connectivity index (χ0n) is 15.4. The first-order valence-electron chi connectivity index (χ1n) is 8.45.